The summed E-state index contributed by atoms with van der Waals surface area (Å²) in [7, 11) is 0. The number of rotatable bonds is 3. The van der Waals surface area contributed by atoms with Crippen molar-refractivity contribution in [3.63, 3.8) is 0 Å². The van der Waals surface area contributed by atoms with E-state index in [1.54, 1.807) is 13.0 Å². The highest BCUT2D eigenvalue weighted by molar-refractivity contribution is 5.81. The van der Waals surface area contributed by atoms with Gasteiger partial charge in [-0.1, -0.05) is 0 Å². The first-order valence-corrected chi connectivity index (χ1v) is 4.99. The molecule has 0 bridgehead atoms. The van der Waals surface area contributed by atoms with Crippen LogP contribution in [-0.4, -0.2) is 17.6 Å². The van der Waals surface area contributed by atoms with E-state index in [0.29, 0.717) is 6.07 Å². The monoisotopic (exact) mass is 258 g/mol. The number of hydrogen-bond donors (Lipinski definition) is 0. The van der Waals surface area contributed by atoms with Gasteiger partial charge < -0.3 is 4.74 Å². The highest BCUT2D eigenvalue weighted by Crippen LogP contribution is 2.29. The summed E-state index contributed by atoms with van der Waals surface area (Å²) in [6.45, 7) is 1.59. The molecule has 0 aliphatic carbocycles. The van der Waals surface area contributed by atoms with Gasteiger partial charge in [0.2, 0.25) is 0 Å². The van der Waals surface area contributed by atoms with Crippen molar-refractivity contribution in [2.45, 2.75) is 19.0 Å². The molecule has 0 saturated heterocycles. The van der Waals surface area contributed by atoms with Gasteiger partial charge >= 0.3 is 12.1 Å². The summed E-state index contributed by atoms with van der Waals surface area (Å²) in [5.41, 5.74) is -1.23. The van der Waals surface area contributed by atoms with Crippen molar-refractivity contribution < 1.29 is 22.7 Å². The van der Waals surface area contributed by atoms with E-state index in [4.69, 9.17) is 5.26 Å². The standard InChI is InChI=1S/C11H9F3N2O2/c1-2-18-10(17)8(6-15)7-3-4-16-9(5-7)11(12,13)14/h3-5,8H,2H2,1H3. The van der Waals surface area contributed by atoms with Crippen LogP contribution in [0.4, 0.5) is 13.2 Å². The zero-order valence-electron chi connectivity index (χ0n) is 9.36. The molecule has 1 aromatic rings. The van der Waals surface area contributed by atoms with Gasteiger partial charge in [-0.2, -0.15) is 18.4 Å². The molecule has 4 nitrogen and oxygen atoms in total. The maximum atomic E-state index is 12.4. The predicted octanol–water partition coefficient (Wildman–Crippen LogP) is 2.27. The summed E-state index contributed by atoms with van der Waals surface area (Å²) < 4.78 is 41.9. The van der Waals surface area contributed by atoms with E-state index < -0.39 is 23.8 Å². The molecule has 1 unspecified atom stereocenters. The molecule has 1 heterocycles. The van der Waals surface area contributed by atoms with Gasteiger partial charge in [0.15, 0.2) is 5.92 Å². The zero-order chi connectivity index (χ0) is 13.8. The molecule has 0 saturated carbocycles. The third-order valence-corrected chi connectivity index (χ3v) is 2.06. The molecule has 18 heavy (non-hydrogen) atoms. The molecular weight excluding hydrogens is 249 g/mol. The van der Waals surface area contributed by atoms with Crippen molar-refractivity contribution in [3.05, 3.63) is 29.6 Å². The van der Waals surface area contributed by atoms with Crippen LogP contribution in [0, 0.1) is 11.3 Å². The van der Waals surface area contributed by atoms with Crippen LogP contribution in [0.15, 0.2) is 18.3 Å². The van der Waals surface area contributed by atoms with Gasteiger partial charge in [-0.25, -0.2) is 0 Å². The van der Waals surface area contributed by atoms with Crippen molar-refractivity contribution >= 4 is 5.97 Å². The lowest BCUT2D eigenvalue weighted by Crippen LogP contribution is -2.16. The number of aromatic nitrogens is 1. The van der Waals surface area contributed by atoms with E-state index in [2.05, 4.69) is 9.72 Å². The number of pyridine rings is 1. The molecule has 1 atom stereocenters. The second-order valence-corrected chi connectivity index (χ2v) is 3.29. The van der Waals surface area contributed by atoms with Crippen molar-refractivity contribution in [2.24, 2.45) is 0 Å². The Bertz CT molecular complexity index is 480. The first-order chi connectivity index (χ1) is 8.40. The Labute approximate surface area is 101 Å². The molecule has 1 rings (SSSR count). The van der Waals surface area contributed by atoms with Crippen LogP contribution in [0.5, 0.6) is 0 Å². The van der Waals surface area contributed by atoms with Gasteiger partial charge in [0.05, 0.1) is 12.7 Å². The van der Waals surface area contributed by atoms with Crippen molar-refractivity contribution in [2.75, 3.05) is 6.61 Å². The Balaban J connectivity index is 3.09. The number of nitrogens with zero attached hydrogens (tertiary/aromatic N) is 2. The van der Waals surface area contributed by atoms with Gasteiger partial charge in [-0.15, -0.1) is 0 Å². The Hall–Kier alpha value is -2.10. The van der Waals surface area contributed by atoms with Crippen LogP contribution >= 0.6 is 0 Å². The molecule has 0 amide bonds. The largest absolute Gasteiger partial charge is 0.465 e. The minimum atomic E-state index is -4.62. The van der Waals surface area contributed by atoms with Gasteiger partial charge in [0.25, 0.3) is 0 Å². The van der Waals surface area contributed by atoms with E-state index in [9.17, 15) is 18.0 Å². The van der Waals surface area contributed by atoms with E-state index >= 15 is 0 Å². The molecule has 1 aromatic heterocycles. The molecule has 7 heteroatoms. The summed E-state index contributed by atoms with van der Waals surface area (Å²) in [5, 5.41) is 8.82. The number of carbonyl (C=O) groups excluding carboxylic acids is 1. The minimum absolute atomic E-state index is 0.0498. The highest BCUT2D eigenvalue weighted by atomic mass is 19.4. The van der Waals surface area contributed by atoms with Crippen LogP contribution in [0.2, 0.25) is 0 Å². The number of hydrogen-bond acceptors (Lipinski definition) is 4. The summed E-state index contributed by atoms with van der Waals surface area (Å²) in [4.78, 5) is 14.5. The van der Waals surface area contributed by atoms with E-state index in [0.717, 1.165) is 6.20 Å². The molecule has 0 N–H and O–H groups in total. The second kappa shape index (κ2) is 5.49. The molecule has 96 valence electrons. The van der Waals surface area contributed by atoms with E-state index in [-0.39, 0.29) is 12.2 Å². The lowest BCUT2D eigenvalue weighted by Gasteiger charge is -2.11. The highest BCUT2D eigenvalue weighted by Gasteiger charge is 2.33. The van der Waals surface area contributed by atoms with Gasteiger partial charge in [0, 0.05) is 6.20 Å². The number of esters is 1. The summed E-state index contributed by atoms with van der Waals surface area (Å²) in [5.74, 6) is -2.26. The quantitative estimate of drug-likeness (QED) is 0.780. The minimum Gasteiger partial charge on any atom is -0.465 e. The van der Waals surface area contributed by atoms with Gasteiger partial charge in [0.1, 0.15) is 5.69 Å². The lowest BCUT2D eigenvalue weighted by atomic mass is 10.0. The SMILES string of the molecule is CCOC(=O)C(C#N)c1ccnc(C(F)(F)F)c1. The zero-order valence-corrected chi connectivity index (χ0v) is 9.36. The molecule has 0 spiro atoms. The smallest absolute Gasteiger partial charge is 0.433 e. The van der Waals surface area contributed by atoms with Crippen LogP contribution in [0.1, 0.15) is 24.1 Å². The molecule has 0 aromatic carbocycles. The fourth-order valence-electron chi connectivity index (χ4n) is 1.27. The van der Waals surface area contributed by atoms with Crippen LogP contribution in [-0.2, 0) is 15.7 Å². The van der Waals surface area contributed by atoms with E-state index in [1.807, 2.05) is 0 Å². The topological polar surface area (TPSA) is 63.0 Å². The second-order valence-electron chi connectivity index (χ2n) is 3.29. The van der Waals surface area contributed by atoms with Crippen LogP contribution < -0.4 is 0 Å². The molecule has 0 aliphatic rings. The number of halogens is 3. The van der Waals surface area contributed by atoms with E-state index in [1.165, 1.54) is 6.07 Å². The van der Waals surface area contributed by atoms with Crippen LogP contribution in [0.3, 0.4) is 0 Å². The molecule has 0 fully saturated rings. The Morgan fingerprint density at radius 2 is 2.28 bits per heavy atom. The van der Waals surface area contributed by atoms with Crippen molar-refractivity contribution in [3.8, 4) is 6.07 Å². The summed E-state index contributed by atoms with van der Waals surface area (Å²) >= 11 is 0. The van der Waals surface area contributed by atoms with Crippen molar-refractivity contribution in [1.29, 1.82) is 5.26 Å². The first kappa shape index (κ1) is 14.0. The number of nitriles is 1. The third-order valence-electron chi connectivity index (χ3n) is 2.06. The average molecular weight is 258 g/mol. The summed E-state index contributed by atoms with van der Waals surface area (Å²) in [6.07, 6.45) is -3.72. The predicted molar refractivity (Wildman–Crippen MR) is 54.2 cm³/mol. The lowest BCUT2D eigenvalue weighted by molar-refractivity contribution is -0.144. The third kappa shape index (κ3) is 3.20. The summed E-state index contributed by atoms with van der Waals surface area (Å²) in [6, 6.07) is 3.46. The molecule has 0 aliphatic heterocycles. The molecular formula is C11H9F3N2O2. The van der Waals surface area contributed by atoms with Crippen molar-refractivity contribution in [1.82, 2.24) is 4.98 Å². The molecule has 0 radical (unpaired) electrons. The fourth-order valence-corrected chi connectivity index (χ4v) is 1.27. The number of ether oxygens (including phenoxy) is 1. The Morgan fingerprint density at radius 1 is 1.61 bits per heavy atom. The maximum Gasteiger partial charge on any atom is 0.433 e. The Morgan fingerprint density at radius 3 is 2.78 bits per heavy atom. The van der Waals surface area contributed by atoms with Gasteiger partial charge in [-0.3, -0.25) is 9.78 Å². The number of carbonyl (C=O) groups is 1. The maximum absolute atomic E-state index is 12.4. The van der Waals surface area contributed by atoms with Gasteiger partial charge in [-0.05, 0) is 24.6 Å². The average Bonchev–Trinajstić information content (AvgIpc) is 2.29. The normalized spacial score (nSPS) is 12.6. The Kier molecular flexibility index (Phi) is 4.26. The first-order valence-electron chi connectivity index (χ1n) is 4.99. The number of alkyl halides is 3. The van der Waals surface area contributed by atoms with Crippen LogP contribution in [0.25, 0.3) is 0 Å². The fraction of sp³-hybridized carbons (Fsp3) is 0.364.